The fraction of sp³-hybridized carbons (Fsp3) is 0.350. The predicted molar refractivity (Wildman–Crippen MR) is 111 cm³/mol. The van der Waals surface area contributed by atoms with Crippen molar-refractivity contribution >= 4 is 33.4 Å². The Kier molecular flexibility index (Phi) is 6.81. The van der Waals surface area contributed by atoms with Crippen LogP contribution in [0, 0.1) is 11.7 Å². The van der Waals surface area contributed by atoms with E-state index in [1.54, 1.807) is 11.8 Å². The van der Waals surface area contributed by atoms with Crippen molar-refractivity contribution in [1.82, 2.24) is 4.31 Å². The molecule has 1 aliphatic heterocycles. The van der Waals surface area contributed by atoms with Gasteiger partial charge in [0.1, 0.15) is 16.5 Å². The van der Waals surface area contributed by atoms with Gasteiger partial charge in [-0.3, -0.25) is 4.79 Å². The molecule has 0 aromatic heterocycles. The van der Waals surface area contributed by atoms with Crippen molar-refractivity contribution in [3.8, 4) is 5.75 Å². The zero-order valence-electron chi connectivity index (χ0n) is 16.2. The Hall–Kier alpha value is -2.10. The molecule has 1 N–H and O–H groups in total. The number of benzene rings is 2. The number of carbonyl (C=O) groups excluding carboxylic acids is 1. The Morgan fingerprint density at radius 2 is 1.90 bits per heavy atom. The monoisotopic (exact) mass is 438 g/mol. The van der Waals surface area contributed by atoms with Crippen LogP contribution in [0.5, 0.6) is 5.75 Å². The van der Waals surface area contributed by atoms with E-state index in [2.05, 4.69) is 5.32 Å². The number of para-hydroxylation sites is 1. The molecule has 9 heteroatoms. The lowest BCUT2D eigenvalue weighted by molar-refractivity contribution is -0.120. The molecule has 1 heterocycles. The van der Waals surface area contributed by atoms with Gasteiger partial charge in [-0.25, -0.2) is 12.8 Å². The molecule has 6 nitrogen and oxygen atoms in total. The fourth-order valence-corrected chi connectivity index (χ4v) is 5.52. The highest BCUT2D eigenvalue weighted by Crippen LogP contribution is 2.31. The molecule has 1 fully saturated rings. The first-order valence-corrected chi connectivity index (χ1v) is 11.8. The van der Waals surface area contributed by atoms with Gasteiger partial charge in [-0.1, -0.05) is 12.1 Å². The summed E-state index contributed by atoms with van der Waals surface area (Å²) in [6.07, 6.45) is 2.73. The molecule has 2 aromatic carbocycles. The number of carbonyl (C=O) groups is 1. The lowest BCUT2D eigenvalue weighted by Crippen LogP contribution is -2.41. The summed E-state index contributed by atoms with van der Waals surface area (Å²) in [6.45, 7) is 0.370. The number of nitrogens with zero attached hydrogens (tertiary/aromatic N) is 1. The Balaban J connectivity index is 1.68. The Bertz CT molecular complexity index is 990. The number of piperidine rings is 1. The molecule has 29 heavy (non-hydrogen) atoms. The minimum Gasteiger partial charge on any atom is -0.495 e. The van der Waals surface area contributed by atoms with Crippen molar-refractivity contribution in [2.75, 3.05) is 31.8 Å². The van der Waals surface area contributed by atoms with Crippen LogP contribution in [0.4, 0.5) is 10.1 Å². The SMILES string of the molecule is COc1ccc(F)cc1S(=O)(=O)N1CCC(C(=O)Nc2ccccc2SC)CC1. The molecule has 3 rings (SSSR count). The van der Waals surface area contributed by atoms with Gasteiger partial charge in [0, 0.05) is 23.9 Å². The summed E-state index contributed by atoms with van der Waals surface area (Å²) < 4.78 is 45.9. The van der Waals surface area contributed by atoms with E-state index in [-0.39, 0.29) is 35.6 Å². The van der Waals surface area contributed by atoms with E-state index in [4.69, 9.17) is 4.74 Å². The van der Waals surface area contributed by atoms with Crippen LogP contribution >= 0.6 is 11.8 Å². The van der Waals surface area contributed by atoms with Crippen molar-refractivity contribution in [2.45, 2.75) is 22.6 Å². The number of sulfonamides is 1. The van der Waals surface area contributed by atoms with Crippen LogP contribution in [-0.2, 0) is 14.8 Å². The molecule has 0 radical (unpaired) electrons. The van der Waals surface area contributed by atoms with Crippen LogP contribution in [0.1, 0.15) is 12.8 Å². The number of ether oxygens (including phenoxy) is 1. The van der Waals surface area contributed by atoms with Crippen LogP contribution in [-0.4, -0.2) is 45.1 Å². The van der Waals surface area contributed by atoms with Crippen LogP contribution < -0.4 is 10.1 Å². The van der Waals surface area contributed by atoms with Crippen molar-refractivity contribution < 1.29 is 22.3 Å². The van der Waals surface area contributed by atoms with E-state index in [9.17, 15) is 17.6 Å². The second-order valence-electron chi connectivity index (χ2n) is 6.66. The third kappa shape index (κ3) is 4.73. The summed E-state index contributed by atoms with van der Waals surface area (Å²) in [5, 5.41) is 2.94. The molecule has 156 valence electrons. The fourth-order valence-electron chi connectivity index (χ4n) is 3.33. The van der Waals surface area contributed by atoms with Crippen molar-refractivity contribution in [3.05, 3.63) is 48.3 Å². The first kappa shape index (κ1) is 21.6. The maximum Gasteiger partial charge on any atom is 0.246 e. The van der Waals surface area contributed by atoms with Gasteiger partial charge in [0.15, 0.2) is 0 Å². The van der Waals surface area contributed by atoms with E-state index < -0.39 is 15.8 Å². The normalized spacial score (nSPS) is 15.8. The highest BCUT2D eigenvalue weighted by molar-refractivity contribution is 7.98. The van der Waals surface area contributed by atoms with Gasteiger partial charge in [-0.2, -0.15) is 4.31 Å². The van der Waals surface area contributed by atoms with Crippen molar-refractivity contribution in [3.63, 3.8) is 0 Å². The van der Waals surface area contributed by atoms with E-state index in [0.29, 0.717) is 12.8 Å². The minimum atomic E-state index is -3.91. The summed E-state index contributed by atoms with van der Waals surface area (Å²) in [6, 6.07) is 11.0. The summed E-state index contributed by atoms with van der Waals surface area (Å²) in [5.74, 6) is -0.955. The number of anilines is 1. The molecule has 1 aliphatic rings. The van der Waals surface area contributed by atoms with Gasteiger partial charge in [0.2, 0.25) is 15.9 Å². The molecule has 0 spiro atoms. The Morgan fingerprint density at radius 3 is 2.55 bits per heavy atom. The van der Waals surface area contributed by atoms with E-state index in [1.165, 1.54) is 17.5 Å². The molecule has 1 amide bonds. The van der Waals surface area contributed by atoms with Crippen molar-refractivity contribution in [2.24, 2.45) is 5.92 Å². The lowest BCUT2D eigenvalue weighted by atomic mass is 9.97. The average molecular weight is 439 g/mol. The lowest BCUT2D eigenvalue weighted by Gasteiger charge is -2.31. The second-order valence-corrected chi connectivity index (χ2v) is 9.42. The van der Waals surface area contributed by atoms with Crippen LogP contribution in [0.3, 0.4) is 0 Å². The zero-order valence-corrected chi connectivity index (χ0v) is 17.9. The number of rotatable bonds is 6. The largest absolute Gasteiger partial charge is 0.495 e. The number of hydrogen-bond donors (Lipinski definition) is 1. The third-order valence-corrected chi connectivity index (χ3v) is 7.65. The molecule has 0 bridgehead atoms. The topological polar surface area (TPSA) is 75.7 Å². The molecule has 0 aliphatic carbocycles. The number of methoxy groups -OCH3 is 1. The molecule has 1 saturated heterocycles. The zero-order chi connectivity index (χ0) is 21.0. The van der Waals surface area contributed by atoms with E-state index >= 15 is 0 Å². The number of halogens is 1. The second kappa shape index (κ2) is 9.15. The highest BCUT2D eigenvalue weighted by atomic mass is 32.2. The van der Waals surface area contributed by atoms with Gasteiger partial charge < -0.3 is 10.1 Å². The van der Waals surface area contributed by atoms with Crippen molar-refractivity contribution in [1.29, 1.82) is 0 Å². The number of thioether (sulfide) groups is 1. The predicted octanol–water partition coefficient (Wildman–Crippen LogP) is 3.60. The number of nitrogens with one attached hydrogen (secondary N) is 1. The maximum atomic E-state index is 13.6. The molecular weight excluding hydrogens is 415 g/mol. The number of hydrogen-bond acceptors (Lipinski definition) is 5. The summed E-state index contributed by atoms with van der Waals surface area (Å²) >= 11 is 1.55. The Morgan fingerprint density at radius 1 is 1.21 bits per heavy atom. The molecule has 0 saturated carbocycles. The van der Waals surface area contributed by atoms with Gasteiger partial charge in [0.05, 0.1) is 12.8 Å². The molecule has 0 atom stereocenters. The molecule has 0 unspecified atom stereocenters. The first-order valence-electron chi connectivity index (χ1n) is 9.14. The minimum absolute atomic E-state index is 0.0972. The quantitative estimate of drug-likeness (QED) is 0.698. The maximum absolute atomic E-state index is 13.6. The number of amides is 1. The van der Waals surface area contributed by atoms with Gasteiger partial charge in [-0.05, 0) is 49.4 Å². The van der Waals surface area contributed by atoms with Crippen LogP contribution in [0.2, 0.25) is 0 Å². The standard InChI is InChI=1S/C20H23FN2O4S2/c1-27-17-8-7-15(21)13-19(17)29(25,26)23-11-9-14(10-12-23)20(24)22-16-5-3-4-6-18(16)28-2/h3-8,13-14H,9-12H2,1-2H3,(H,22,24). The molecule has 2 aromatic rings. The molecular formula is C20H23FN2O4S2. The summed E-state index contributed by atoms with van der Waals surface area (Å²) in [5.41, 5.74) is 0.754. The van der Waals surface area contributed by atoms with E-state index in [1.807, 2.05) is 30.5 Å². The average Bonchev–Trinajstić information content (AvgIpc) is 2.74. The summed E-state index contributed by atoms with van der Waals surface area (Å²) in [4.78, 5) is 13.4. The van der Waals surface area contributed by atoms with Gasteiger partial charge >= 0.3 is 0 Å². The van der Waals surface area contributed by atoms with E-state index in [0.717, 1.165) is 22.7 Å². The van der Waals surface area contributed by atoms with Crippen LogP contribution in [0.25, 0.3) is 0 Å². The van der Waals surface area contributed by atoms with Crippen LogP contribution in [0.15, 0.2) is 52.3 Å². The van der Waals surface area contributed by atoms with Gasteiger partial charge in [-0.15, -0.1) is 11.8 Å². The van der Waals surface area contributed by atoms with Gasteiger partial charge in [0.25, 0.3) is 0 Å². The highest BCUT2D eigenvalue weighted by Gasteiger charge is 2.34. The smallest absolute Gasteiger partial charge is 0.246 e. The third-order valence-electron chi connectivity index (χ3n) is 4.93. The summed E-state index contributed by atoms with van der Waals surface area (Å²) in [7, 11) is -2.57. The first-order chi connectivity index (χ1) is 13.9. The Labute approximate surface area is 174 Å².